The van der Waals surface area contributed by atoms with Crippen LogP contribution in [0.4, 0.5) is 18.9 Å². The van der Waals surface area contributed by atoms with Crippen LogP contribution in [0.3, 0.4) is 0 Å². The molecule has 228 valence electrons. The molecule has 2 amide bonds. The maximum atomic E-state index is 14.5. The predicted octanol–water partition coefficient (Wildman–Crippen LogP) is 4.88. The van der Waals surface area contributed by atoms with E-state index in [9.17, 15) is 32.8 Å². The number of nitrogens with zero attached hydrogens (tertiary/aromatic N) is 4. The molecule has 0 aliphatic carbocycles. The second-order valence-corrected chi connectivity index (χ2v) is 11.1. The number of likely N-dealkylation sites (N-methyl/N-ethyl adjacent to an activating group) is 1. The van der Waals surface area contributed by atoms with Crippen LogP contribution in [0.15, 0.2) is 45.6 Å². The van der Waals surface area contributed by atoms with Crippen LogP contribution < -0.4 is 25.2 Å². The number of halogens is 3. The molecule has 44 heavy (non-hydrogen) atoms. The number of alkyl halides is 2. The number of benzene rings is 2. The predicted molar refractivity (Wildman–Crippen MR) is 151 cm³/mol. The summed E-state index contributed by atoms with van der Waals surface area (Å²) in [4.78, 5) is 41.3. The van der Waals surface area contributed by atoms with Crippen LogP contribution >= 0.6 is 0 Å². The normalized spacial score (nSPS) is 13.5. The Hall–Kier alpha value is -5.32. The van der Waals surface area contributed by atoms with Crippen LogP contribution in [0.5, 0.6) is 11.5 Å². The lowest BCUT2D eigenvalue weighted by Gasteiger charge is -2.23. The molecule has 0 spiro atoms. The van der Waals surface area contributed by atoms with E-state index in [2.05, 4.69) is 19.9 Å². The third-order valence-electron chi connectivity index (χ3n) is 6.63. The number of hydrogen-bond acceptors (Lipinski definition) is 8. The number of nitrogens with one attached hydrogen (secondary N) is 1. The van der Waals surface area contributed by atoms with Crippen molar-refractivity contribution < 1.29 is 36.7 Å². The first-order valence-electron chi connectivity index (χ1n) is 13.4. The van der Waals surface area contributed by atoms with Crippen molar-refractivity contribution in [2.45, 2.75) is 53.0 Å². The van der Waals surface area contributed by atoms with Gasteiger partial charge in [0.2, 0.25) is 5.91 Å². The van der Waals surface area contributed by atoms with Gasteiger partial charge in [-0.3, -0.25) is 14.4 Å². The highest BCUT2D eigenvalue weighted by Crippen LogP contribution is 2.46. The lowest BCUT2D eigenvalue weighted by atomic mass is 10.1. The van der Waals surface area contributed by atoms with Gasteiger partial charge in [0.05, 0.1) is 22.7 Å². The molecular weight excluding hydrogens is 583 g/mol. The molecule has 0 radical (unpaired) electrons. The van der Waals surface area contributed by atoms with Gasteiger partial charge < -0.3 is 24.1 Å². The molecule has 1 aliphatic rings. The standard InChI is InChI=1S/C30H26F3N5O6/c1-6-37(20-7-8-21-25(15(20)2)44-30(32,33)43-21)23(39)14-38-28(41)19-12-22(27(40)35-29(3,4)5)42-26(19)24(36-38)17-9-16(13-34)10-18(31)11-17/h7-12H,6,14H2,1-5H3,(H,35,40). The molecule has 0 atom stereocenters. The number of aromatic nitrogens is 2. The Morgan fingerprint density at radius 3 is 2.55 bits per heavy atom. The fourth-order valence-electron chi connectivity index (χ4n) is 4.80. The third-order valence-corrected chi connectivity index (χ3v) is 6.63. The Bertz CT molecular complexity index is 1940. The summed E-state index contributed by atoms with van der Waals surface area (Å²) in [6, 6.07) is 9.11. The summed E-state index contributed by atoms with van der Waals surface area (Å²) < 4.78 is 57.5. The fraction of sp³-hybridized carbons (Fsp3) is 0.300. The zero-order chi connectivity index (χ0) is 32.1. The van der Waals surface area contributed by atoms with Gasteiger partial charge in [-0.05, 0) is 65.0 Å². The summed E-state index contributed by atoms with van der Waals surface area (Å²) in [5.41, 5.74) is -1.20. The van der Waals surface area contributed by atoms with Crippen LogP contribution in [0, 0.1) is 24.1 Å². The minimum absolute atomic E-state index is 0.0398. The fourth-order valence-corrected chi connectivity index (χ4v) is 4.80. The van der Waals surface area contributed by atoms with E-state index in [0.29, 0.717) is 0 Å². The highest BCUT2D eigenvalue weighted by atomic mass is 19.3. The Morgan fingerprint density at radius 2 is 1.89 bits per heavy atom. The average Bonchev–Trinajstić information content (AvgIpc) is 3.52. The second kappa shape index (κ2) is 10.7. The number of carbonyl (C=O) groups is 2. The molecule has 4 aromatic rings. The largest absolute Gasteiger partial charge is 0.586 e. The van der Waals surface area contributed by atoms with E-state index in [0.717, 1.165) is 16.8 Å². The van der Waals surface area contributed by atoms with Gasteiger partial charge in [-0.1, -0.05) is 0 Å². The van der Waals surface area contributed by atoms with E-state index >= 15 is 0 Å². The van der Waals surface area contributed by atoms with Gasteiger partial charge in [0.1, 0.15) is 18.1 Å². The number of amides is 2. The summed E-state index contributed by atoms with van der Waals surface area (Å²) in [6.07, 6.45) is -3.86. The zero-order valence-corrected chi connectivity index (χ0v) is 24.3. The molecule has 0 saturated carbocycles. The minimum atomic E-state index is -3.86. The maximum Gasteiger partial charge on any atom is 0.586 e. The molecule has 3 heterocycles. The Kier molecular flexibility index (Phi) is 7.36. The number of rotatable bonds is 6. The van der Waals surface area contributed by atoms with E-state index in [-0.39, 0.29) is 62.8 Å². The van der Waals surface area contributed by atoms with Crippen molar-refractivity contribution in [2.75, 3.05) is 11.4 Å². The van der Waals surface area contributed by atoms with Crippen molar-refractivity contribution in [1.29, 1.82) is 5.26 Å². The van der Waals surface area contributed by atoms with Crippen molar-refractivity contribution in [1.82, 2.24) is 15.1 Å². The molecule has 11 nitrogen and oxygen atoms in total. The van der Waals surface area contributed by atoms with Crippen LogP contribution in [-0.4, -0.2) is 40.0 Å². The second-order valence-electron chi connectivity index (χ2n) is 11.1. The Labute approximate surface area is 248 Å². The number of furan rings is 1. The molecule has 0 saturated heterocycles. The number of ether oxygens (including phenoxy) is 2. The van der Waals surface area contributed by atoms with Gasteiger partial charge >= 0.3 is 6.29 Å². The van der Waals surface area contributed by atoms with Gasteiger partial charge in [-0.25, -0.2) is 9.07 Å². The first-order chi connectivity index (χ1) is 20.6. The summed E-state index contributed by atoms with van der Waals surface area (Å²) in [5.74, 6) is -2.67. The first-order valence-corrected chi connectivity index (χ1v) is 13.4. The zero-order valence-electron chi connectivity index (χ0n) is 24.3. The molecule has 1 aliphatic heterocycles. The van der Waals surface area contributed by atoms with Gasteiger partial charge in [-0.15, -0.1) is 8.78 Å². The van der Waals surface area contributed by atoms with E-state index in [1.54, 1.807) is 27.7 Å². The van der Waals surface area contributed by atoms with Crippen LogP contribution in [0.1, 0.15) is 49.4 Å². The lowest BCUT2D eigenvalue weighted by molar-refractivity contribution is -0.286. The molecule has 2 aromatic heterocycles. The number of nitriles is 1. The molecule has 14 heteroatoms. The van der Waals surface area contributed by atoms with Gasteiger partial charge in [0, 0.05) is 29.3 Å². The van der Waals surface area contributed by atoms with Crippen molar-refractivity contribution in [2.24, 2.45) is 0 Å². The van der Waals surface area contributed by atoms with E-state index < -0.39 is 41.6 Å². The molecular formula is C30H26F3N5O6. The summed E-state index contributed by atoms with van der Waals surface area (Å²) in [6.45, 7) is 7.84. The third kappa shape index (κ3) is 5.68. The minimum Gasteiger partial charge on any atom is -0.448 e. The smallest absolute Gasteiger partial charge is 0.448 e. The lowest BCUT2D eigenvalue weighted by Crippen LogP contribution is -2.40. The number of hydrogen-bond donors (Lipinski definition) is 1. The summed E-state index contributed by atoms with van der Waals surface area (Å²) in [7, 11) is 0. The van der Waals surface area contributed by atoms with E-state index in [1.807, 2.05) is 6.07 Å². The summed E-state index contributed by atoms with van der Waals surface area (Å²) >= 11 is 0. The van der Waals surface area contributed by atoms with Crippen molar-refractivity contribution in [3.8, 4) is 28.8 Å². The van der Waals surface area contributed by atoms with Crippen molar-refractivity contribution >= 4 is 28.5 Å². The number of carbonyl (C=O) groups excluding carboxylic acids is 2. The SMILES string of the molecule is CCN(C(=O)Cn1nc(-c2cc(F)cc(C#N)c2)c2oc(C(=O)NC(C)(C)C)cc2c1=O)c1ccc2c(c1C)OC(F)(F)O2. The first kappa shape index (κ1) is 30.1. The molecule has 0 unspecified atom stereocenters. The molecule has 1 N–H and O–H groups in total. The van der Waals surface area contributed by atoms with E-state index in [1.165, 1.54) is 36.1 Å². The molecule has 0 fully saturated rings. The Balaban J connectivity index is 1.60. The monoisotopic (exact) mass is 609 g/mol. The molecule has 2 aromatic carbocycles. The molecule has 5 rings (SSSR count). The van der Waals surface area contributed by atoms with Crippen LogP contribution in [0.25, 0.3) is 22.2 Å². The average molecular weight is 610 g/mol. The maximum absolute atomic E-state index is 14.5. The highest BCUT2D eigenvalue weighted by molar-refractivity contribution is 5.99. The Morgan fingerprint density at radius 1 is 1.16 bits per heavy atom. The number of anilines is 1. The highest BCUT2D eigenvalue weighted by Gasteiger charge is 2.45. The van der Waals surface area contributed by atoms with Crippen molar-refractivity contribution in [3.05, 3.63) is 69.5 Å². The summed E-state index contributed by atoms with van der Waals surface area (Å²) in [5, 5.41) is 16.3. The quantitative estimate of drug-likeness (QED) is 0.326. The van der Waals surface area contributed by atoms with Gasteiger partial charge in [0.25, 0.3) is 11.5 Å². The van der Waals surface area contributed by atoms with Crippen LogP contribution in [-0.2, 0) is 11.3 Å². The topological polar surface area (TPSA) is 140 Å². The van der Waals surface area contributed by atoms with Crippen LogP contribution in [0.2, 0.25) is 0 Å². The van der Waals surface area contributed by atoms with Gasteiger partial charge in [0.15, 0.2) is 22.8 Å². The van der Waals surface area contributed by atoms with E-state index in [4.69, 9.17) is 4.42 Å². The molecule has 0 bridgehead atoms. The van der Waals surface area contributed by atoms with Crippen molar-refractivity contribution in [3.63, 3.8) is 0 Å². The number of fused-ring (bicyclic) bond motifs is 2. The van der Waals surface area contributed by atoms with Gasteiger partial charge in [-0.2, -0.15) is 10.4 Å².